The molecule has 3 heteroatoms. The summed E-state index contributed by atoms with van der Waals surface area (Å²) in [5.74, 6) is 0. The van der Waals surface area contributed by atoms with Gasteiger partial charge in [-0.1, -0.05) is 18.2 Å². The first kappa shape index (κ1) is 13.0. The molecular formula is C15H20N2O. The van der Waals surface area contributed by atoms with Crippen LogP contribution < -0.4 is 5.32 Å². The fourth-order valence-corrected chi connectivity index (χ4v) is 1.91. The minimum Gasteiger partial charge on any atom is -0.377 e. The lowest BCUT2D eigenvalue weighted by Gasteiger charge is -2.18. The van der Waals surface area contributed by atoms with Crippen LogP contribution in [-0.4, -0.2) is 24.7 Å². The fraction of sp³-hybridized carbons (Fsp3) is 0.400. The van der Waals surface area contributed by atoms with Crippen LogP contribution in [0.1, 0.15) is 25.5 Å². The van der Waals surface area contributed by atoms with E-state index in [1.807, 2.05) is 45.3 Å². The Morgan fingerprint density at radius 1 is 1.28 bits per heavy atom. The number of hydrogen-bond donors (Lipinski definition) is 1. The van der Waals surface area contributed by atoms with E-state index in [4.69, 9.17) is 4.74 Å². The maximum Gasteiger partial charge on any atom is 0.0702 e. The molecule has 0 spiro atoms. The first-order valence-electron chi connectivity index (χ1n) is 6.34. The van der Waals surface area contributed by atoms with Crippen molar-refractivity contribution in [3.8, 4) is 0 Å². The third kappa shape index (κ3) is 3.06. The van der Waals surface area contributed by atoms with E-state index in [1.54, 1.807) is 0 Å². The van der Waals surface area contributed by atoms with Crippen molar-refractivity contribution in [2.75, 3.05) is 13.7 Å². The van der Waals surface area contributed by atoms with Gasteiger partial charge in [0.2, 0.25) is 0 Å². The van der Waals surface area contributed by atoms with Crippen LogP contribution in [-0.2, 0) is 4.74 Å². The standard InChI is InChI=1S/C15H20N2O/c1-11(2)18-10-15(16-3)13-8-12-6-4-5-7-14(12)17-9-13/h4-9,11,15-16H,10H2,1-3H3. The molecule has 0 amide bonds. The minimum atomic E-state index is 0.185. The minimum absolute atomic E-state index is 0.185. The maximum absolute atomic E-state index is 5.67. The van der Waals surface area contributed by atoms with Gasteiger partial charge < -0.3 is 10.1 Å². The molecule has 18 heavy (non-hydrogen) atoms. The van der Waals surface area contributed by atoms with Gasteiger partial charge in [0.25, 0.3) is 0 Å². The molecule has 0 fully saturated rings. The van der Waals surface area contributed by atoms with Crippen molar-refractivity contribution in [1.29, 1.82) is 0 Å². The van der Waals surface area contributed by atoms with Crippen LogP contribution in [0.25, 0.3) is 10.9 Å². The van der Waals surface area contributed by atoms with E-state index in [2.05, 4.69) is 22.4 Å². The molecule has 3 nitrogen and oxygen atoms in total. The molecule has 1 unspecified atom stereocenters. The van der Waals surface area contributed by atoms with Crippen molar-refractivity contribution in [2.45, 2.75) is 26.0 Å². The van der Waals surface area contributed by atoms with Crippen LogP contribution >= 0.6 is 0 Å². The summed E-state index contributed by atoms with van der Waals surface area (Å²) in [5, 5.41) is 4.44. The van der Waals surface area contributed by atoms with Gasteiger partial charge in [-0.05, 0) is 38.6 Å². The highest BCUT2D eigenvalue weighted by molar-refractivity contribution is 5.78. The SMILES string of the molecule is CNC(COC(C)C)c1cnc2ccccc2c1. The zero-order chi connectivity index (χ0) is 13.0. The summed E-state index contributed by atoms with van der Waals surface area (Å²) in [7, 11) is 1.95. The monoisotopic (exact) mass is 244 g/mol. The van der Waals surface area contributed by atoms with Crippen molar-refractivity contribution >= 4 is 10.9 Å². The summed E-state index contributed by atoms with van der Waals surface area (Å²) in [5.41, 5.74) is 2.19. The van der Waals surface area contributed by atoms with E-state index in [-0.39, 0.29) is 12.1 Å². The highest BCUT2D eigenvalue weighted by Gasteiger charge is 2.11. The van der Waals surface area contributed by atoms with Gasteiger partial charge in [0.15, 0.2) is 0 Å². The number of pyridine rings is 1. The number of nitrogens with zero attached hydrogens (tertiary/aromatic N) is 1. The number of rotatable bonds is 5. The molecule has 2 rings (SSSR count). The first-order chi connectivity index (χ1) is 8.70. The van der Waals surface area contributed by atoms with Gasteiger partial charge >= 0.3 is 0 Å². The number of hydrogen-bond acceptors (Lipinski definition) is 3. The largest absolute Gasteiger partial charge is 0.377 e. The highest BCUT2D eigenvalue weighted by atomic mass is 16.5. The van der Waals surface area contributed by atoms with E-state index >= 15 is 0 Å². The van der Waals surface area contributed by atoms with Crippen LogP contribution in [0.3, 0.4) is 0 Å². The van der Waals surface area contributed by atoms with Crippen LogP contribution in [0.5, 0.6) is 0 Å². The maximum atomic E-state index is 5.67. The molecule has 2 aromatic rings. The Hall–Kier alpha value is -1.45. The van der Waals surface area contributed by atoms with Crippen LogP contribution in [0.15, 0.2) is 36.5 Å². The molecule has 96 valence electrons. The van der Waals surface area contributed by atoms with Gasteiger partial charge in [0.1, 0.15) is 0 Å². The van der Waals surface area contributed by atoms with Gasteiger partial charge in [-0.2, -0.15) is 0 Å². The average molecular weight is 244 g/mol. The lowest BCUT2D eigenvalue weighted by Crippen LogP contribution is -2.23. The molecule has 1 atom stereocenters. The zero-order valence-corrected chi connectivity index (χ0v) is 11.2. The second kappa shape index (κ2) is 5.94. The molecule has 0 aliphatic rings. The lowest BCUT2D eigenvalue weighted by atomic mass is 10.1. The smallest absolute Gasteiger partial charge is 0.0702 e. The normalized spacial score (nSPS) is 13.1. The molecule has 1 N–H and O–H groups in total. The Kier molecular flexibility index (Phi) is 4.28. The van der Waals surface area contributed by atoms with Gasteiger partial charge in [-0.3, -0.25) is 4.98 Å². The number of para-hydroxylation sites is 1. The predicted octanol–water partition coefficient (Wildman–Crippen LogP) is 2.92. The molecule has 0 radical (unpaired) electrons. The van der Waals surface area contributed by atoms with Crippen molar-refractivity contribution in [3.63, 3.8) is 0 Å². The molecular weight excluding hydrogens is 224 g/mol. The fourth-order valence-electron chi connectivity index (χ4n) is 1.91. The van der Waals surface area contributed by atoms with Crippen molar-refractivity contribution in [1.82, 2.24) is 10.3 Å². The molecule has 0 aliphatic heterocycles. The van der Waals surface area contributed by atoms with E-state index < -0.39 is 0 Å². The van der Waals surface area contributed by atoms with E-state index in [0.717, 1.165) is 11.1 Å². The molecule has 1 aromatic heterocycles. The molecule has 1 aromatic carbocycles. The summed E-state index contributed by atoms with van der Waals surface area (Å²) >= 11 is 0. The van der Waals surface area contributed by atoms with Crippen molar-refractivity contribution in [3.05, 3.63) is 42.1 Å². The summed E-state index contributed by atoms with van der Waals surface area (Å²) in [6.07, 6.45) is 2.17. The second-order valence-electron chi connectivity index (χ2n) is 4.68. The Morgan fingerprint density at radius 3 is 2.78 bits per heavy atom. The number of aromatic nitrogens is 1. The first-order valence-corrected chi connectivity index (χ1v) is 6.34. The quantitative estimate of drug-likeness (QED) is 0.878. The number of likely N-dealkylation sites (N-methyl/N-ethyl adjacent to an activating group) is 1. The average Bonchev–Trinajstić information content (AvgIpc) is 2.39. The van der Waals surface area contributed by atoms with Crippen molar-refractivity contribution in [2.24, 2.45) is 0 Å². The summed E-state index contributed by atoms with van der Waals surface area (Å²) in [4.78, 5) is 4.48. The lowest BCUT2D eigenvalue weighted by molar-refractivity contribution is 0.0626. The number of ether oxygens (including phenoxy) is 1. The summed E-state index contributed by atoms with van der Waals surface area (Å²) in [6, 6.07) is 10.5. The topological polar surface area (TPSA) is 34.1 Å². The van der Waals surface area contributed by atoms with Gasteiger partial charge in [-0.25, -0.2) is 0 Å². The Balaban J connectivity index is 2.22. The molecule has 0 bridgehead atoms. The number of benzene rings is 1. The van der Waals surface area contributed by atoms with Crippen LogP contribution in [0.4, 0.5) is 0 Å². The van der Waals surface area contributed by atoms with Crippen LogP contribution in [0, 0.1) is 0 Å². The third-order valence-electron chi connectivity index (χ3n) is 2.96. The predicted molar refractivity (Wildman–Crippen MR) is 74.6 cm³/mol. The van der Waals surface area contributed by atoms with Gasteiger partial charge in [0, 0.05) is 11.6 Å². The molecule has 0 saturated heterocycles. The van der Waals surface area contributed by atoms with E-state index in [9.17, 15) is 0 Å². The summed E-state index contributed by atoms with van der Waals surface area (Å²) in [6.45, 7) is 4.75. The molecule has 0 aliphatic carbocycles. The van der Waals surface area contributed by atoms with Gasteiger partial charge in [0.05, 0.1) is 24.3 Å². The molecule has 0 saturated carbocycles. The van der Waals surface area contributed by atoms with Gasteiger partial charge in [-0.15, -0.1) is 0 Å². The number of fused-ring (bicyclic) bond motifs is 1. The third-order valence-corrected chi connectivity index (χ3v) is 2.96. The summed E-state index contributed by atoms with van der Waals surface area (Å²) < 4.78 is 5.67. The Labute approximate surface area is 108 Å². The number of nitrogens with one attached hydrogen (secondary N) is 1. The van der Waals surface area contributed by atoms with E-state index in [1.165, 1.54) is 5.39 Å². The van der Waals surface area contributed by atoms with E-state index in [0.29, 0.717) is 6.61 Å². The Bertz CT molecular complexity index is 511. The molecule has 1 heterocycles. The Morgan fingerprint density at radius 2 is 2.06 bits per heavy atom. The van der Waals surface area contributed by atoms with Crippen molar-refractivity contribution < 1.29 is 4.74 Å². The second-order valence-corrected chi connectivity index (χ2v) is 4.68. The zero-order valence-electron chi connectivity index (χ0n) is 11.2. The van der Waals surface area contributed by atoms with Crippen LogP contribution in [0.2, 0.25) is 0 Å². The highest BCUT2D eigenvalue weighted by Crippen LogP contribution is 2.18.